The lowest BCUT2D eigenvalue weighted by Crippen LogP contribution is -2.33. The van der Waals surface area contributed by atoms with Crippen molar-refractivity contribution in [3.05, 3.63) is 53.5 Å². The predicted octanol–water partition coefficient (Wildman–Crippen LogP) is 8.20. The summed E-state index contributed by atoms with van der Waals surface area (Å²) in [5.41, 5.74) is 3.37. The summed E-state index contributed by atoms with van der Waals surface area (Å²) < 4.78 is 0. The summed E-state index contributed by atoms with van der Waals surface area (Å²) >= 11 is 27.1. The molecule has 1 aliphatic rings. The molecular weight excluding hydrogens is 438 g/mol. The van der Waals surface area contributed by atoms with Crippen molar-refractivity contribution in [3.63, 3.8) is 0 Å². The number of hydrogen-bond donors (Lipinski definition) is 2. The van der Waals surface area contributed by atoms with Crippen LogP contribution in [-0.4, -0.2) is 10.2 Å². The van der Waals surface area contributed by atoms with E-state index in [-0.39, 0.29) is 11.5 Å². The third-order valence-corrected chi connectivity index (χ3v) is 8.17. The van der Waals surface area contributed by atoms with Gasteiger partial charge in [-0.2, -0.15) is 0 Å². The lowest BCUT2D eigenvalue weighted by Gasteiger charge is -2.42. The van der Waals surface area contributed by atoms with Crippen LogP contribution in [0.5, 0.6) is 11.5 Å². The third-order valence-electron chi connectivity index (χ3n) is 6.28. The van der Waals surface area contributed by atoms with Crippen LogP contribution >= 0.6 is 46.4 Å². The van der Waals surface area contributed by atoms with E-state index in [0.717, 1.165) is 43.2 Å². The molecule has 0 spiro atoms. The lowest BCUT2D eigenvalue weighted by molar-refractivity contribution is 0.345. The molecule has 2 N–H and O–H groups in total. The van der Waals surface area contributed by atoms with Gasteiger partial charge in [0.15, 0.2) is 0 Å². The van der Waals surface area contributed by atoms with Crippen LogP contribution in [0, 0.1) is 27.7 Å². The Morgan fingerprint density at radius 3 is 1.14 bits per heavy atom. The first kappa shape index (κ1) is 21.9. The van der Waals surface area contributed by atoms with E-state index in [9.17, 15) is 10.2 Å². The largest absolute Gasteiger partial charge is 0.507 e. The van der Waals surface area contributed by atoms with E-state index in [1.807, 2.05) is 0 Å². The maximum atomic E-state index is 10.4. The summed E-state index contributed by atoms with van der Waals surface area (Å²) in [6.07, 6.45) is 4.66. The molecule has 0 aliphatic heterocycles. The Hall–Kier alpha value is -0.800. The molecule has 0 saturated heterocycles. The van der Waals surface area contributed by atoms with Gasteiger partial charge in [0, 0.05) is 38.8 Å². The molecule has 6 heteroatoms. The molecule has 1 aliphatic carbocycles. The normalized spacial score (nSPS) is 16.4. The molecule has 2 nitrogen and oxygen atoms in total. The first-order valence-electron chi connectivity index (χ1n) is 9.41. The molecule has 2 aromatic rings. The Balaban J connectivity index is 2.48. The van der Waals surface area contributed by atoms with E-state index in [1.54, 1.807) is 27.7 Å². The van der Waals surface area contributed by atoms with E-state index >= 15 is 0 Å². The number of rotatable bonds is 2. The highest BCUT2D eigenvalue weighted by Crippen LogP contribution is 2.57. The predicted molar refractivity (Wildman–Crippen MR) is 119 cm³/mol. The Morgan fingerprint density at radius 1 is 0.571 bits per heavy atom. The van der Waals surface area contributed by atoms with Gasteiger partial charge in [-0.1, -0.05) is 65.7 Å². The van der Waals surface area contributed by atoms with Crippen LogP contribution in [-0.2, 0) is 5.41 Å². The van der Waals surface area contributed by atoms with Crippen LogP contribution in [0.4, 0.5) is 0 Å². The summed E-state index contributed by atoms with van der Waals surface area (Å²) in [6.45, 7) is 7.16. The van der Waals surface area contributed by atoms with Crippen LogP contribution in [0.25, 0.3) is 0 Å². The van der Waals surface area contributed by atoms with Crippen molar-refractivity contribution < 1.29 is 10.2 Å². The fourth-order valence-electron chi connectivity index (χ4n) is 4.54. The average molecular weight is 462 g/mol. The van der Waals surface area contributed by atoms with Gasteiger partial charge < -0.3 is 10.2 Å². The highest BCUT2D eigenvalue weighted by Gasteiger charge is 2.44. The Morgan fingerprint density at radius 2 is 0.857 bits per heavy atom. The molecule has 1 saturated carbocycles. The second-order valence-electron chi connectivity index (χ2n) is 7.85. The molecule has 0 amide bonds. The second kappa shape index (κ2) is 7.80. The van der Waals surface area contributed by atoms with Gasteiger partial charge in [-0.15, -0.1) is 0 Å². The fraction of sp³-hybridized carbons (Fsp3) is 0.455. The number of phenols is 2. The molecule has 1 fully saturated rings. The maximum Gasteiger partial charge on any atom is 0.124 e. The van der Waals surface area contributed by atoms with E-state index in [2.05, 4.69) is 0 Å². The molecule has 2 aromatic carbocycles. The van der Waals surface area contributed by atoms with Crippen LogP contribution in [0.2, 0.25) is 20.1 Å². The molecule has 0 unspecified atom stereocenters. The molecule has 152 valence electrons. The monoisotopic (exact) mass is 460 g/mol. The summed E-state index contributed by atoms with van der Waals surface area (Å²) in [7, 11) is 0. The van der Waals surface area contributed by atoms with Gasteiger partial charge in [-0.25, -0.2) is 0 Å². The van der Waals surface area contributed by atoms with Gasteiger partial charge in [0.2, 0.25) is 0 Å². The van der Waals surface area contributed by atoms with Crippen LogP contribution in [0.15, 0.2) is 0 Å². The van der Waals surface area contributed by atoms with Gasteiger partial charge in [0.1, 0.15) is 11.5 Å². The topological polar surface area (TPSA) is 40.5 Å². The van der Waals surface area contributed by atoms with E-state index < -0.39 is 5.41 Å². The van der Waals surface area contributed by atoms with E-state index in [4.69, 9.17) is 46.4 Å². The number of hydrogen-bond acceptors (Lipinski definition) is 2. The lowest BCUT2D eigenvalue weighted by atomic mass is 9.64. The van der Waals surface area contributed by atoms with E-state index in [1.165, 1.54) is 0 Å². The van der Waals surface area contributed by atoms with E-state index in [0.29, 0.717) is 42.3 Å². The van der Waals surface area contributed by atoms with Crippen molar-refractivity contribution in [2.45, 2.75) is 65.2 Å². The van der Waals surface area contributed by atoms with Crippen molar-refractivity contribution in [1.82, 2.24) is 0 Å². The van der Waals surface area contributed by atoms with Gasteiger partial charge in [0.05, 0.1) is 20.1 Å². The zero-order valence-electron chi connectivity index (χ0n) is 16.4. The molecule has 0 bridgehead atoms. The second-order valence-corrected chi connectivity index (χ2v) is 9.36. The van der Waals surface area contributed by atoms with Crippen molar-refractivity contribution in [2.75, 3.05) is 0 Å². The van der Waals surface area contributed by atoms with Gasteiger partial charge >= 0.3 is 0 Å². The van der Waals surface area contributed by atoms with Crippen molar-refractivity contribution >= 4 is 46.4 Å². The number of aromatic hydroxyl groups is 2. The Bertz CT molecular complexity index is 830. The highest BCUT2D eigenvalue weighted by atomic mass is 35.5. The summed E-state index contributed by atoms with van der Waals surface area (Å²) in [6, 6.07) is 0. The van der Waals surface area contributed by atoms with Crippen LogP contribution in [0.1, 0.15) is 65.5 Å². The molecule has 28 heavy (non-hydrogen) atoms. The number of phenolic OH excluding ortho intramolecular Hbond substituents is 2. The maximum absolute atomic E-state index is 10.4. The third kappa shape index (κ3) is 3.08. The summed E-state index contributed by atoms with van der Waals surface area (Å²) in [5.74, 6) is 0.222. The van der Waals surface area contributed by atoms with Crippen LogP contribution < -0.4 is 0 Å². The van der Waals surface area contributed by atoms with Gasteiger partial charge in [-0.3, -0.25) is 0 Å². The number of benzene rings is 2. The quantitative estimate of drug-likeness (QED) is 0.473. The number of halogens is 4. The highest BCUT2D eigenvalue weighted by molar-refractivity contribution is 6.39. The zero-order chi connectivity index (χ0) is 21.0. The minimum atomic E-state index is -0.576. The average Bonchev–Trinajstić information content (AvgIpc) is 2.68. The molecular formula is C22H24Cl4O2. The molecule has 0 aromatic heterocycles. The molecule has 0 heterocycles. The van der Waals surface area contributed by atoms with Crippen LogP contribution in [0.3, 0.4) is 0 Å². The minimum absolute atomic E-state index is 0.111. The van der Waals surface area contributed by atoms with Crippen molar-refractivity contribution in [3.8, 4) is 11.5 Å². The summed E-state index contributed by atoms with van der Waals surface area (Å²) in [4.78, 5) is 0. The van der Waals surface area contributed by atoms with Crippen molar-refractivity contribution in [2.24, 2.45) is 0 Å². The standard InChI is InChI=1S/C22H24Cl4O2/c1-10-16(23)14(17(24)11(2)20(10)27)22(8-6-5-7-9-22)15-18(25)12(3)21(28)13(4)19(15)26/h27-28H,5-9H2,1-4H3. The molecule has 0 atom stereocenters. The first-order chi connectivity index (χ1) is 13.1. The van der Waals surface area contributed by atoms with Crippen molar-refractivity contribution in [1.29, 1.82) is 0 Å². The SMILES string of the molecule is Cc1c(O)c(C)c(Cl)c(C2(c3c(Cl)c(C)c(O)c(C)c3Cl)CCCCC2)c1Cl. The van der Waals surface area contributed by atoms with Gasteiger partial charge in [0.25, 0.3) is 0 Å². The smallest absolute Gasteiger partial charge is 0.124 e. The molecule has 3 rings (SSSR count). The Kier molecular flexibility index (Phi) is 6.10. The first-order valence-corrected chi connectivity index (χ1v) is 10.9. The summed E-state index contributed by atoms with van der Waals surface area (Å²) in [5, 5.41) is 22.6. The zero-order valence-corrected chi connectivity index (χ0v) is 19.5. The fourth-order valence-corrected chi connectivity index (χ4v) is 6.10. The minimum Gasteiger partial charge on any atom is -0.507 e. The van der Waals surface area contributed by atoms with Gasteiger partial charge in [-0.05, 0) is 40.5 Å². The Labute approximate surface area is 186 Å². The molecule has 0 radical (unpaired) electrons.